The first-order valence-corrected chi connectivity index (χ1v) is 9.80. The fourth-order valence-electron chi connectivity index (χ4n) is 2.57. The highest BCUT2D eigenvalue weighted by atomic mass is 17.5. The predicted molar refractivity (Wildman–Crippen MR) is 112 cm³/mol. The highest BCUT2D eigenvalue weighted by Crippen LogP contribution is 2.37. The van der Waals surface area contributed by atoms with Gasteiger partial charge in [0.15, 0.2) is 12.5 Å². The molecule has 0 N–H and O–H groups in total. The fraction of sp³-hybridized carbons (Fsp3) is 0.545. The third-order valence-electron chi connectivity index (χ3n) is 4.21. The zero-order valence-electron chi connectivity index (χ0n) is 18.8. The van der Waals surface area contributed by atoms with Gasteiger partial charge in [0, 0.05) is 11.1 Å². The highest BCUT2D eigenvalue weighted by molar-refractivity contribution is 5.63. The largest absolute Gasteiger partial charge is 0.496 e. The molecule has 0 amide bonds. The fourth-order valence-corrected chi connectivity index (χ4v) is 2.57. The van der Waals surface area contributed by atoms with Crippen LogP contribution >= 0.6 is 0 Å². The Morgan fingerprint density at radius 1 is 1.07 bits per heavy atom. The molecule has 0 saturated heterocycles. The Hall–Kier alpha value is -2.38. The number of aromatic nitrogens is 3. The zero-order valence-corrected chi connectivity index (χ0v) is 18.8. The minimum absolute atomic E-state index is 0.0225. The molecule has 1 aromatic carbocycles. The van der Waals surface area contributed by atoms with Crippen molar-refractivity contribution in [1.82, 2.24) is 15.0 Å². The molecule has 0 aliphatic heterocycles. The first-order valence-electron chi connectivity index (χ1n) is 9.80. The standard InChI is InChI=1S/C22H33N3O4/c1-9-17-14-25(24-23-17)15-27-29-28-19-13-18(22(5,6)7)20(26-8)12-16(19)10-11-21(2,3)4/h10-14H,9,15H2,1-8H3/b11-10+. The first-order chi connectivity index (χ1) is 13.5. The summed E-state index contributed by atoms with van der Waals surface area (Å²) >= 11 is 0. The smallest absolute Gasteiger partial charge is 0.179 e. The van der Waals surface area contributed by atoms with Crippen molar-refractivity contribution in [2.75, 3.05) is 7.11 Å². The maximum absolute atomic E-state index is 5.62. The lowest BCUT2D eigenvalue weighted by molar-refractivity contribution is -0.479. The molecule has 7 nitrogen and oxygen atoms in total. The highest BCUT2D eigenvalue weighted by Gasteiger charge is 2.22. The molecule has 0 spiro atoms. The number of ether oxygens (including phenoxy) is 1. The van der Waals surface area contributed by atoms with E-state index < -0.39 is 0 Å². The molecule has 160 valence electrons. The van der Waals surface area contributed by atoms with Gasteiger partial charge in [-0.1, -0.05) is 65.8 Å². The lowest BCUT2D eigenvalue weighted by Gasteiger charge is -2.23. The Bertz CT molecular complexity index is 830. The predicted octanol–water partition coefficient (Wildman–Crippen LogP) is 5.11. The van der Waals surface area contributed by atoms with E-state index in [1.807, 2.05) is 25.1 Å². The van der Waals surface area contributed by atoms with Crippen LogP contribution in [0.1, 0.15) is 65.3 Å². The summed E-state index contributed by atoms with van der Waals surface area (Å²) in [6.45, 7) is 14.8. The van der Waals surface area contributed by atoms with Crippen molar-refractivity contribution in [3.8, 4) is 11.5 Å². The SMILES string of the molecule is CCc1cn(COOOc2cc(C(C)(C)C)c(OC)cc2/C=C/C(C)(C)C)nn1. The van der Waals surface area contributed by atoms with E-state index in [1.54, 1.807) is 13.3 Å². The number of rotatable bonds is 8. The van der Waals surface area contributed by atoms with Gasteiger partial charge < -0.3 is 9.62 Å². The van der Waals surface area contributed by atoms with Crippen LogP contribution in [0, 0.1) is 5.41 Å². The third kappa shape index (κ3) is 6.87. The van der Waals surface area contributed by atoms with E-state index in [2.05, 4.69) is 57.9 Å². The van der Waals surface area contributed by atoms with Gasteiger partial charge in [-0.2, -0.15) is 4.89 Å². The molecule has 0 unspecified atom stereocenters. The van der Waals surface area contributed by atoms with Crippen LogP contribution in [0.25, 0.3) is 6.08 Å². The van der Waals surface area contributed by atoms with E-state index >= 15 is 0 Å². The topological polar surface area (TPSA) is 67.6 Å². The van der Waals surface area contributed by atoms with Crippen LogP contribution in [0.3, 0.4) is 0 Å². The van der Waals surface area contributed by atoms with Crippen molar-refractivity contribution in [3.05, 3.63) is 41.2 Å². The molecule has 0 aliphatic rings. The molecule has 0 aliphatic carbocycles. The Kier molecular flexibility index (Phi) is 7.43. The summed E-state index contributed by atoms with van der Waals surface area (Å²) in [7, 11) is 1.67. The van der Waals surface area contributed by atoms with Crippen molar-refractivity contribution in [2.24, 2.45) is 5.41 Å². The second-order valence-corrected chi connectivity index (χ2v) is 9.04. The molecule has 1 aromatic heterocycles. The summed E-state index contributed by atoms with van der Waals surface area (Å²) in [4.78, 5) is 10.6. The second-order valence-electron chi connectivity index (χ2n) is 9.04. The van der Waals surface area contributed by atoms with E-state index in [-0.39, 0.29) is 17.6 Å². The van der Waals surface area contributed by atoms with Crippen LogP contribution in [0.15, 0.2) is 24.4 Å². The van der Waals surface area contributed by atoms with Gasteiger partial charge in [0.1, 0.15) is 5.75 Å². The van der Waals surface area contributed by atoms with E-state index in [0.717, 1.165) is 29.0 Å². The van der Waals surface area contributed by atoms with Crippen LogP contribution in [0.5, 0.6) is 11.5 Å². The molecular formula is C22H33N3O4. The minimum atomic E-state index is -0.131. The number of methoxy groups -OCH3 is 1. The van der Waals surface area contributed by atoms with Gasteiger partial charge in [0.25, 0.3) is 0 Å². The quantitative estimate of drug-likeness (QED) is 0.347. The average Bonchev–Trinajstić information content (AvgIpc) is 3.10. The van der Waals surface area contributed by atoms with Crippen molar-refractivity contribution < 1.29 is 19.6 Å². The summed E-state index contributed by atoms with van der Waals surface area (Å²) in [6, 6.07) is 3.88. The van der Waals surface area contributed by atoms with Crippen LogP contribution in [0.4, 0.5) is 0 Å². The first kappa shape index (κ1) is 22.9. The van der Waals surface area contributed by atoms with Gasteiger partial charge in [-0.25, -0.2) is 4.68 Å². The molecule has 0 bridgehead atoms. The molecule has 0 saturated carbocycles. The van der Waals surface area contributed by atoms with E-state index in [1.165, 1.54) is 4.68 Å². The van der Waals surface area contributed by atoms with Crippen LogP contribution < -0.4 is 9.62 Å². The summed E-state index contributed by atoms with van der Waals surface area (Å²) in [5, 5.41) is 13.0. The number of aryl methyl sites for hydroxylation is 1. The van der Waals surface area contributed by atoms with E-state index in [4.69, 9.17) is 19.6 Å². The Labute approximate surface area is 173 Å². The monoisotopic (exact) mass is 403 g/mol. The van der Waals surface area contributed by atoms with Crippen LogP contribution in [0.2, 0.25) is 0 Å². The summed E-state index contributed by atoms with van der Waals surface area (Å²) in [5.41, 5.74) is 2.62. The Balaban J connectivity index is 2.20. The van der Waals surface area contributed by atoms with Gasteiger partial charge >= 0.3 is 0 Å². The summed E-state index contributed by atoms with van der Waals surface area (Å²) < 4.78 is 7.15. The van der Waals surface area contributed by atoms with Gasteiger partial charge in [0.2, 0.25) is 0 Å². The Morgan fingerprint density at radius 3 is 2.34 bits per heavy atom. The van der Waals surface area contributed by atoms with Gasteiger partial charge in [-0.3, -0.25) is 0 Å². The van der Waals surface area contributed by atoms with Crippen molar-refractivity contribution >= 4 is 6.08 Å². The molecule has 2 rings (SSSR count). The van der Waals surface area contributed by atoms with Crippen molar-refractivity contribution in [3.63, 3.8) is 0 Å². The van der Waals surface area contributed by atoms with E-state index in [0.29, 0.717) is 5.75 Å². The van der Waals surface area contributed by atoms with Gasteiger partial charge in [-0.05, 0) is 34.4 Å². The number of nitrogens with zero attached hydrogens (tertiary/aromatic N) is 3. The van der Waals surface area contributed by atoms with Crippen LogP contribution in [-0.4, -0.2) is 22.1 Å². The maximum Gasteiger partial charge on any atom is 0.179 e. The van der Waals surface area contributed by atoms with Gasteiger partial charge in [0.05, 0.1) is 19.0 Å². The Morgan fingerprint density at radius 2 is 1.79 bits per heavy atom. The molecule has 2 aromatic rings. The van der Waals surface area contributed by atoms with Crippen LogP contribution in [-0.2, 0) is 28.5 Å². The van der Waals surface area contributed by atoms with Crippen molar-refractivity contribution in [2.45, 2.75) is 67.0 Å². The molecule has 29 heavy (non-hydrogen) atoms. The number of benzene rings is 1. The molecule has 0 radical (unpaired) electrons. The molecule has 0 atom stereocenters. The average molecular weight is 404 g/mol. The maximum atomic E-state index is 5.62. The lowest BCUT2D eigenvalue weighted by Crippen LogP contribution is -2.14. The summed E-state index contributed by atoms with van der Waals surface area (Å²) in [5.74, 6) is 1.35. The number of hydrogen-bond acceptors (Lipinski definition) is 6. The van der Waals surface area contributed by atoms with Gasteiger partial charge in [-0.15, -0.1) is 5.10 Å². The molecule has 0 fully saturated rings. The third-order valence-corrected chi connectivity index (χ3v) is 4.21. The minimum Gasteiger partial charge on any atom is -0.496 e. The number of hydrogen-bond donors (Lipinski definition) is 0. The van der Waals surface area contributed by atoms with Crippen molar-refractivity contribution in [1.29, 1.82) is 0 Å². The zero-order chi connectivity index (χ0) is 21.7. The second kappa shape index (κ2) is 9.41. The normalized spacial score (nSPS) is 12.6. The number of allylic oxidation sites excluding steroid dienone is 1. The summed E-state index contributed by atoms with van der Waals surface area (Å²) in [6.07, 6.45) is 6.71. The van der Waals surface area contributed by atoms with E-state index in [9.17, 15) is 0 Å². The lowest BCUT2D eigenvalue weighted by atomic mass is 9.85. The molecule has 7 heteroatoms. The molecular weight excluding hydrogens is 370 g/mol. The molecule has 1 heterocycles.